The van der Waals surface area contributed by atoms with E-state index in [4.69, 9.17) is 23.1 Å². The maximum atomic E-state index is 7.10. The van der Waals surface area contributed by atoms with E-state index >= 15 is 0 Å². The molecular weight excluding hydrogens is 460 g/mol. The molecule has 0 fully saturated rings. The molecule has 2 aromatic carbocycles. The minimum absolute atomic E-state index is 0.412. The number of hydrogen-bond donors (Lipinski definition) is 0. The SMILES string of the molecule is CCCC(c1ccc(OC)c(OC)c1)[Si](C)(C)O[Si](C)(C)CCCc1ccc(OC)c(OC)c1. The number of rotatable bonds is 14. The summed E-state index contributed by atoms with van der Waals surface area (Å²) in [5, 5.41) is 0. The Bertz CT molecular complexity index is 914. The topological polar surface area (TPSA) is 46.2 Å². The van der Waals surface area contributed by atoms with E-state index in [1.165, 1.54) is 11.1 Å². The van der Waals surface area contributed by atoms with Gasteiger partial charge in [0.15, 0.2) is 39.6 Å². The van der Waals surface area contributed by atoms with Crippen LogP contribution in [0.2, 0.25) is 32.2 Å². The number of hydrogen-bond acceptors (Lipinski definition) is 5. The zero-order chi connectivity index (χ0) is 25.4. The average Bonchev–Trinajstić information content (AvgIpc) is 2.80. The summed E-state index contributed by atoms with van der Waals surface area (Å²) in [7, 11) is 2.86. The highest BCUT2D eigenvalue weighted by Crippen LogP contribution is 2.39. The normalized spacial score (nSPS) is 12.9. The second kappa shape index (κ2) is 12.7. The molecule has 0 aliphatic heterocycles. The van der Waals surface area contributed by atoms with Crippen LogP contribution in [-0.4, -0.2) is 45.1 Å². The number of methoxy groups -OCH3 is 4. The summed E-state index contributed by atoms with van der Waals surface area (Å²) in [4.78, 5) is 0. The van der Waals surface area contributed by atoms with E-state index in [9.17, 15) is 0 Å². The van der Waals surface area contributed by atoms with Gasteiger partial charge in [0.25, 0.3) is 0 Å². The predicted octanol–water partition coefficient (Wildman–Crippen LogP) is 7.20. The average molecular weight is 505 g/mol. The summed E-state index contributed by atoms with van der Waals surface area (Å²) >= 11 is 0. The zero-order valence-corrected chi connectivity index (χ0v) is 24.6. The van der Waals surface area contributed by atoms with Crippen LogP contribution >= 0.6 is 0 Å². The Morgan fingerprint density at radius 2 is 1.29 bits per heavy atom. The van der Waals surface area contributed by atoms with Crippen molar-refractivity contribution in [3.05, 3.63) is 47.5 Å². The Labute approximate surface area is 209 Å². The lowest BCUT2D eigenvalue weighted by Gasteiger charge is -2.40. The predicted molar refractivity (Wildman–Crippen MR) is 146 cm³/mol. The van der Waals surface area contributed by atoms with Crippen molar-refractivity contribution >= 4 is 16.6 Å². The van der Waals surface area contributed by atoms with Crippen molar-refractivity contribution in [3.8, 4) is 23.0 Å². The lowest BCUT2D eigenvalue weighted by atomic mass is 10.1. The minimum atomic E-state index is -2.02. The fourth-order valence-corrected chi connectivity index (χ4v) is 14.5. The molecule has 34 heavy (non-hydrogen) atoms. The Balaban J connectivity index is 2.10. The van der Waals surface area contributed by atoms with E-state index in [1.54, 1.807) is 28.4 Å². The van der Waals surface area contributed by atoms with Gasteiger partial charge in [0.05, 0.1) is 28.4 Å². The van der Waals surface area contributed by atoms with Gasteiger partial charge in [-0.25, -0.2) is 0 Å². The molecular formula is C27H44O5Si2. The molecule has 0 saturated carbocycles. The van der Waals surface area contributed by atoms with Gasteiger partial charge in [-0.1, -0.05) is 25.5 Å². The summed E-state index contributed by atoms with van der Waals surface area (Å²) in [5.74, 6) is 3.12. The van der Waals surface area contributed by atoms with Gasteiger partial charge in [0.1, 0.15) is 0 Å². The van der Waals surface area contributed by atoms with Crippen LogP contribution in [0.3, 0.4) is 0 Å². The van der Waals surface area contributed by atoms with Crippen molar-refractivity contribution in [1.29, 1.82) is 0 Å². The molecule has 0 radical (unpaired) electrons. The molecule has 0 aliphatic carbocycles. The molecule has 0 bridgehead atoms. The second-order valence-corrected chi connectivity index (χ2v) is 18.7. The molecule has 1 atom stereocenters. The fraction of sp³-hybridized carbons (Fsp3) is 0.556. The number of benzene rings is 2. The molecule has 190 valence electrons. The van der Waals surface area contributed by atoms with Crippen LogP contribution in [0, 0.1) is 0 Å². The first-order valence-electron chi connectivity index (χ1n) is 12.2. The molecule has 0 spiro atoms. The van der Waals surface area contributed by atoms with Crippen molar-refractivity contribution in [1.82, 2.24) is 0 Å². The van der Waals surface area contributed by atoms with Crippen LogP contribution in [0.15, 0.2) is 36.4 Å². The van der Waals surface area contributed by atoms with Crippen LogP contribution in [-0.2, 0) is 10.5 Å². The van der Waals surface area contributed by atoms with Gasteiger partial charge in [-0.2, -0.15) is 0 Å². The molecule has 0 amide bonds. The van der Waals surface area contributed by atoms with Gasteiger partial charge in [-0.3, -0.25) is 0 Å². The summed E-state index contributed by atoms with van der Waals surface area (Å²) in [6, 6.07) is 13.7. The summed E-state index contributed by atoms with van der Waals surface area (Å²) in [6.07, 6.45) is 4.36. The highest BCUT2D eigenvalue weighted by atomic mass is 28.4. The Kier molecular flexibility index (Phi) is 10.5. The third-order valence-electron chi connectivity index (χ3n) is 6.46. The third-order valence-corrected chi connectivity index (χ3v) is 14.6. The molecule has 7 heteroatoms. The summed E-state index contributed by atoms with van der Waals surface area (Å²) in [6.45, 7) is 11.8. The van der Waals surface area contributed by atoms with Gasteiger partial charge >= 0.3 is 0 Å². The second-order valence-electron chi connectivity index (χ2n) is 9.96. The van der Waals surface area contributed by atoms with Crippen LogP contribution in [0.4, 0.5) is 0 Å². The van der Waals surface area contributed by atoms with E-state index in [1.807, 2.05) is 12.1 Å². The van der Waals surface area contributed by atoms with Gasteiger partial charge < -0.3 is 23.1 Å². The number of ether oxygens (including phenoxy) is 4. The minimum Gasteiger partial charge on any atom is -0.493 e. The van der Waals surface area contributed by atoms with Gasteiger partial charge in [-0.05, 0) is 86.9 Å². The van der Waals surface area contributed by atoms with Crippen LogP contribution < -0.4 is 18.9 Å². The molecule has 0 N–H and O–H groups in total. The molecule has 0 heterocycles. The first-order chi connectivity index (χ1) is 16.1. The van der Waals surface area contributed by atoms with Crippen LogP contribution in [0.5, 0.6) is 23.0 Å². The molecule has 0 aliphatic rings. The van der Waals surface area contributed by atoms with Gasteiger partial charge in [-0.15, -0.1) is 0 Å². The van der Waals surface area contributed by atoms with E-state index in [0.717, 1.165) is 54.7 Å². The highest BCUT2D eigenvalue weighted by molar-refractivity contribution is 6.85. The van der Waals surface area contributed by atoms with Gasteiger partial charge in [0.2, 0.25) is 0 Å². The van der Waals surface area contributed by atoms with Crippen molar-refractivity contribution in [3.63, 3.8) is 0 Å². The smallest absolute Gasteiger partial charge is 0.180 e. The number of aryl methyl sites for hydroxylation is 1. The first kappa shape index (κ1) is 28.3. The van der Waals surface area contributed by atoms with E-state index < -0.39 is 16.6 Å². The van der Waals surface area contributed by atoms with Crippen molar-refractivity contribution in [2.45, 2.75) is 70.4 Å². The van der Waals surface area contributed by atoms with Gasteiger partial charge in [0, 0.05) is 5.54 Å². The van der Waals surface area contributed by atoms with Crippen molar-refractivity contribution in [2.75, 3.05) is 28.4 Å². The zero-order valence-electron chi connectivity index (χ0n) is 22.6. The molecule has 0 aromatic heterocycles. The summed E-state index contributed by atoms with van der Waals surface area (Å²) < 4.78 is 29.0. The monoisotopic (exact) mass is 504 g/mol. The Hall–Kier alpha value is -1.97. The van der Waals surface area contributed by atoms with Crippen molar-refractivity contribution in [2.24, 2.45) is 0 Å². The van der Waals surface area contributed by atoms with E-state index in [0.29, 0.717) is 5.54 Å². The lowest BCUT2D eigenvalue weighted by Crippen LogP contribution is -2.48. The lowest BCUT2D eigenvalue weighted by molar-refractivity contribution is 0.354. The van der Waals surface area contributed by atoms with Crippen LogP contribution in [0.1, 0.15) is 42.9 Å². The van der Waals surface area contributed by atoms with E-state index in [-0.39, 0.29) is 0 Å². The standard InChI is InChI=1S/C27H44O5Si2/c1-10-12-27(22-15-17-24(29-3)26(20-22)31-5)34(8,9)32-33(6,7)18-11-13-21-14-16-23(28-2)25(19-21)30-4/h14-17,19-20,27H,10-13,18H2,1-9H3. The molecule has 1 unspecified atom stereocenters. The maximum Gasteiger partial charge on any atom is 0.180 e. The molecule has 5 nitrogen and oxygen atoms in total. The largest absolute Gasteiger partial charge is 0.493 e. The Morgan fingerprint density at radius 3 is 1.85 bits per heavy atom. The Morgan fingerprint density at radius 1 is 0.735 bits per heavy atom. The fourth-order valence-electron chi connectivity index (χ4n) is 4.86. The summed E-state index contributed by atoms with van der Waals surface area (Å²) in [5.41, 5.74) is 2.98. The highest BCUT2D eigenvalue weighted by Gasteiger charge is 2.39. The van der Waals surface area contributed by atoms with E-state index in [2.05, 4.69) is 57.4 Å². The van der Waals surface area contributed by atoms with Crippen molar-refractivity contribution < 1.29 is 23.1 Å². The maximum absolute atomic E-state index is 7.10. The quantitative estimate of drug-likeness (QED) is 0.254. The third kappa shape index (κ3) is 7.52. The van der Waals surface area contributed by atoms with Crippen LogP contribution in [0.25, 0.3) is 0 Å². The molecule has 2 aromatic rings. The molecule has 0 saturated heterocycles. The first-order valence-corrected chi connectivity index (χ1v) is 18.3. The molecule has 2 rings (SSSR count).